The van der Waals surface area contributed by atoms with E-state index in [2.05, 4.69) is 17.5 Å². The van der Waals surface area contributed by atoms with Crippen LogP contribution in [-0.2, 0) is 0 Å². The van der Waals surface area contributed by atoms with Gasteiger partial charge in [-0.15, -0.1) is 0 Å². The molecule has 1 aromatic carbocycles. The second-order valence-corrected chi connectivity index (χ2v) is 4.07. The highest BCUT2D eigenvalue weighted by molar-refractivity contribution is 5.52. The van der Waals surface area contributed by atoms with Crippen molar-refractivity contribution in [1.29, 1.82) is 0 Å². The summed E-state index contributed by atoms with van der Waals surface area (Å²) in [7, 11) is 0. The highest BCUT2D eigenvalue weighted by atomic mass is 19.1. The van der Waals surface area contributed by atoms with Crippen LogP contribution >= 0.6 is 0 Å². The van der Waals surface area contributed by atoms with Crippen LogP contribution in [0.25, 0.3) is 0 Å². The van der Waals surface area contributed by atoms with E-state index in [4.69, 9.17) is 0 Å². The van der Waals surface area contributed by atoms with Gasteiger partial charge in [0.05, 0.1) is 0 Å². The summed E-state index contributed by atoms with van der Waals surface area (Å²) in [5, 5.41) is 3.36. The molecular formula is C13H16FN. The first-order valence-electron chi connectivity index (χ1n) is 5.45. The Balaban J connectivity index is 2.12. The summed E-state index contributed by atoms with van der Waals surface area (Å²) < 4.78 is 13.0. The third-order valence-corrected chi connectivity index (χ3v) is 2.79. The number of benzene rings is 1. The molecule has 1 N–H and O–H groups in total. The highest BCUT2D eigenvalue weighted by Gasteiger charge is 2.09. The topological polar surface area (TPSA) is 12.0 Å². The first-order valence-corrected chi connectivity index (χ1v) is 5.45. The molecule has 1 atom stereocenters. The standard InChI is InChI=1S/C13H16FN/c1-10-7-8-11(14)9-13(10)15-12-5-3-2-4-6-12/h3,5,7-9,12,15H,2,4,6H2,1H3. The van der Waals surface area contributed by atoms with E-state index in [1.54, 1.807) is 6.07 Å². The second-order valence-electron chi connectivity index (χ2n) is 4.07. The van der Waals surface area contributed by atoms with Gasteiger partial charge < -0.3 is 5.32 Å². The molecule has 15 heavy (non-hydrogen) atoms. The van der Waals surface area contributed by atoms with Crippen molar-refractivity contribution in [3.8, 4) is 0 Å². The number of rotatable bonds is 2. The van der Waals surface area contributed by atoms with Crippen LogP contribution in [0.15, 0.2) is 30.4 Å². The summed E-state index contributed by atoms with van der Waals surface area (Å²) in [5.41, 5.74) is 2.00. The molecule has 1 aliphatic rings. The number of halogens is 1. The van der Waals surface area contributed by atoms with Crippen LogP contribution in [0.2, 0.25) is 0 Å². The summed E-state index contributed by atoms with van der Waals surface area (Å²) in [6.45, 7) is 1.99. The fourth-order valence-corrected chi connectivity index (χ4v) is 1.88. The van der Waals surface area contributed by atoms with Gasteiger partial charge in [-0.05, 0) is 43.9 Å². The lowest BCUT2D eigenvalue weighted by Gasteiger charge is -2.20. The van der Waals surface area contributed by atoms with Gasteiger partial charge in [0.25, 0.3) is 0 Å². The molecule has 0 saturated carbocycles. The van der Waals surface area contributed by atoms with E-state index in [1.165, 1.54) is 18.9 Å². The average Bonchev–Trinajstić information content (AvgIpc) is 2.25. The van der Waals surface area contributed by atoms with Gasteiger partial charge in [-0.1, -0.05) is 18.2 Å². The minimum Gasteiger partial charge on any atom is -0.379 e. The van der Waals surface area contributed by atoms with Crippen molar-refractivity contribution in [3.63, 3.8) is 0 Å². The van der Waals surface area contributed by atoms with Crippen LogP contribution in [0.1, 0.15) is 24.8 Å². The first kappa shape index (κ1) is 10.2. The summed E-state index contributed by atoms with van der Waals surface area (Å²) >= 11 is 0. The predicted molar refractivity (Wildman–Crippen MR) is 61.5 cm³/mol. The van der Waals surface area contributed by atoms with Crippen molar-refractivity contribution in [3.05, 3.63) is 41.7 Å². The Morgan fingerprint density at radius 3 is 3.00 bits per heavy atom. The molecule has 0 aromatic heterocycles. The molecule has 0 fully saturated rings. The Kier molecular flexibility index (Phi) is 3.05. The number of allylic oxidation sites excluding steroid dienone is 1. The molecule has 0 bridgehead atoms. The highest BCUT2D eigenvalue weighted by Crippen LogP contribution is 2.20. The fraction of sp³-hybridized carbons (Fsp3) is 0.385. The van der Waals surface area contributed by atoms with E-state index in [9.17, 15) is 4.39 Å². The third kappa shape index (κ3) is 2.58. The van der Waals surface area contributed by atoms with Gasteiger partial charge >= 0.3 is 0 Å². The molecular weight excluding hydrogens is 189 g/mol. The molecule has 2 heteroatoms. The van der Waals surface area contributed by atoms with Crippen LogP contribution in [-0.4, -0.2) is 6.04 Å². The molecule has 1 aromatic rings. The Labute approximate surface area is 90.0 Å². The van der Waals surface area contributed by atoms with Crippen LogP contribution in [0.3, 0.4) is 0 Å². The van der Waals surface area contributed by atoms with Gasteiger partial charge in [0.15, 0.2) is 0 Å². The van der Waals surface area contributed by atoms with Crippen molar-refractivity contribution < 1.29 is 4.39 Å². The maximum Gasteiger partial charge on any atom is 0.125 e. The van der Waals surface area contributed by atoms with Gasteiger partial charge in [0, 0.05) is 11.7 Å². The maximum atomic E-state index is 13.0. The average molecular weight is 205 g/mol. The molecule has 2 rings (SSSR count). The van der Waals surface area contributed by atoms with Gasteiger partial charge in [0.2, 0.25) is 0 Å². The Bertz CT molecular complexity index is 371. The summed E-state index contributed by atoms with van der Waals surface area (Å²) in [4.78, 5) is 0. The van der Waals surface area contributed by atoms with Crippen molar-refractivity contribution in [1.82, 2.24) is 0 Å². The number of aryl methyl sites for hydroxylation is 1. The quantitative estimate of drug-likeness (QED) is 0.726. The second kappa shape index (κ2) is 4.47. The maximum absolute atomic E-state index is 13.0. The Morgan fingerprint density at radius 1 is 1.40 bits per heavy atom. The summed E-state index contributed by atoms with van der Waals surface area (Å²) in [6.07, 6.45) is 7.87. The molecule has 0 radical (unpaired) electrons. The summed E-state index contributed by atoms with van der Waals surface area (Å²) in [5.74, 6) is -0.178. The summed E-state index contributed by atoms with van der Waals surface area (Å²) in [6, 6.07) is 5.23. The Hall–Kier alpha value is -1.31. The number of hydrogen-bond donors (Lipinski definition) is 1. The molecule has 0 spiro atoms. The monoisotopic (exact) mass is 205 g/mol. The molecule has 0 heterocycles. The van der Waals surface area contributed by atoms with E-state index < -0.39 is 0 Å². The normalized spacial score (nSPS) is 20.3. The van der Waals surface area contributed by atoms with E-state index >= 15 is 0 Å². The molecule has 1 unspecified atom stereocenters. The lowest BCUT2D eigenvalue weighted by atomic mass is 10.0. The van der Waals surface area contributed by atoms with Crippen LogP contribution in [0.4, 0.5) is 10.1 Å². The molecule has 1 nitrogen and oxygen atoms in total. The number of nitrogens with one attached hydrogen (secondary N) is 1. The molecule has 1 aliphatic carbocycles. The van der Waals surface area contributed by atoms with Crippen LogP contribution < -0.4 is 5.32 Å². The number of anilines is 1. The molecule has 0 aliphatic heterocycles. The van der Waals surface area contributed by atoms with E-state index in [-0.39, 0.29) is 5.82 Å². The lowest BCUT2D eigenvalue weighted by molar-refractivity contribution is 0.626. The fourth-order valence-electron chi connectivity index (χ4n) is 1.88. The predicted octanol–water partition coefficient (Wildman–Crippen LogP) is 3.65. The van der Waals surface area contributed by atoms with Crippen LogP contribution in [0.5, 0.6) is 0 Å². The lowest BCUT2D eigenvalue weighted by Crippen LogP contribution is -2.19. The molecule has 80 valence electrons. The van der Waals surface area contributed by atoms with Gasteiger partial charge in [-0.25, -0.2) is 4.39 Å². The van der Waals surface area contributed by atoms with Crippen molar-refractivity contribution >= 4 is 5.69 Å². The van der Waals surface area contributed by atoms with Gasteiger partial charge in [-0.2, -0.15) is 0 Å². The van der Waals surface area contributed by atoms with Crippen molar-refractivity contribution in [2.24, 2.45) is 0 Å². The SMILES string of the molecule is Cc1ccc(F)cc1NC1C=CCCC1. The minimum atomic E-state index is -0.178. The number of hydrogen-bond acceptors (Lipinski definition) is 1. The third-order valence-electron chi connectivity index (χ3n) is 2.79. The van der Waals surface area contributed by atoms with Crippen molar-refractivity contribution in [2.75, 3.05) is 5.32 Å². The zero-order chi connectivity index (χ0) is 10.7. The van der Waals surface area contributed by atoms with Gasteiger partial charge in [-0.3, -0.25) is 0 Å². The largest absolute Gasteiger partial charge is 0.379 e. The molecule has 0 amide bonds. The van der Waals surface area contributed by atoms with E-state index in [1.807, 2.05) is 13.0 Å². The van der Waals surface area contributed by atoms with Crippen LogP contribution in [0, 0.1) is 12.7 Å². The first-order chi connectivity index (χ1) is 7.25. The zero-order valence-corrected chi connectivity index (χ0v) is 8.96. The zero-order valence-electron chi connectivity index (χ0n) is 8.96. The van der Waals surface area contributed by atoms with E-state index in [0.29, 0.717) is 6.04 Å². The van der Waals surface area contributed by atoms with Crippen molar-refractivity contribution in [2.45, 2.75) is 32.2 Å². The van der Waals surface area contributed by atoms with E-state index in [0.717, 1.165) is 17.7 Å². The molecule has 0 saturated heterocycles. The minimum absolute atomic E-state index is 0.178. The smallest absolute Gasteiger partial charge is 0.125 e. The Morgan fingerprint density at radius 2 is 2.27 bits per heavy atom. The van der Waals surface area contributed by atoms with Gasteiger partial charge in [0.1, 0.15) is 5.82 Å².